The van der Waals surface area contributed by atoms with Gasteiger partial charge in [-0.3, -0.25) is 0 Å². The molecule has 0 saturated carbocycles. The van der Waals surface area contributed by atoms with E-state index in [4.69, 9.17) is 0 Å². The Hall–Kier alpha value is -0.226. The van der Waals surface area contributed by atoms with Crippen LogP contribution in [0, 0.1) is 0 Å². The Bertz CT molecular complexity index is 350. The summed E-state index contributed by atoms with van der Waals surface area (Å²) in [5, 5.41) is 3.58. The summed E-state index contributed by atoms with van der Waals surface area (Å²) in [6.07, 6.45) is 19.2. The van der Waals surface area contributed by atoms with Crippen LogP contribution in [0.5, 0.6) is 0 Å². The average molecular weight is 251 g/mol. The Labute approximate surface area is 125 Å². The predicted molar refractivity (Wildman–Crippen MR) is 79.6 cm³/mol. The fourth-order valence-electron chi connectivity index (χ4n) is 3.43. The maximum Gasteiger partial charge on any atom is 1.00 e. The van der Waals surface area contributed by atoms with Gasteiger partial charge in [0.25, 0.3) is 0 Å². The third-order valence-electron chi connectivity index (χ3n) is 4.13. The molecule has 0 saturated heterocycles. The summed E-state index contributed by atoms with van der Waals surface area (Å²) in [5.41, 5.74) is 0. The van der Waals surface area contributed by atoms with Gasteiger partial charge in [-0.25, -0.2) is 0 Å². The van der Waals surface area contributed by atoms with Gasteiger partial charge in [0, 0.05) is 0 Å². The molecular weight excluding hydrogens is 227 g/mol. The van der Waals surface area contributed by atoms with Crippen molar-refractivity contribution in [1.29, 1.82) is 0 Å². The van der Waals surface area contributed by atoms with Gasteiger partial charge in [-0.05, 0) is 12.8 Å². The van der Waals surface area contributed by atoms with Gasteiger partial charge in [0.1, 0.15) is 8.07 Å². The summed E-state index contributed by atoms with van der Waals surface area (Å²) >= 11 is 0. The van der Waals surface area contributed by atoms with Crippen LogP contribution in [0.15, 0.2) is 46.8 Å². The second-order valence-electron chi connectivity index (χ2n) is 5.23. The van der Waals surface area contributed by atoms with Crippen molar-refractivity contribution in [3.63, 3.8) is 0 Å². The van der Waals surface area contributed by atoms with Crippen molar-refractivity contribution in [2.24, 2.45) is 0 Å². The molecule has 0 aromatic rings. The van der Waals surface area contributed by atoms with Crippen LogP contribution < -0.4 is 18.9 Å². The minimum Gasteiger partial charge on any atom is -0.0809 e. The van der Waals surface area contributed by atoms with Crippen molar-refractivity contribution in [3.8, 4) is 0 Å². The molecule has 0 aliphatic heterocycles. The second kappa shape index (κ2) is 7.38. The van der Waals surface area contributed by atoms with Crippen molar-refractivity contribution in [2.75, 3.05) is 0 Å². The van der Waals surface area contributed by atoms with Gasteiger partial charge >= 0.3 is 18.9 Å². The van der Waals surface area contributed by atoms with Crippen molar-refractivity contribution in [3.05, 3.63) is 46.8 Å². The molecule has 0 atom stereocenters. The summed E-state index contributed by atoms with van der Waals surface area (Å²) in [6, 6.07) is 2.89. The third-order valence-corrected chi connectivity index (χ3v) is 10.0. The first-order chi connectivity index (χ1) is 8.33. The molecule has 0 radical (unpaired) electrons. The second-order valence-corrected chi connectivity index (χ2v) is 9.68. The first-order valence-corrected chi connectivity index (χ1v) is 9.47. The largest absolute Gasteiger partial charge is 1.00 e. The van der Waals surface area contributed by atoms with Crippen LogP contribution in [-0.4, -0.2) is 8.07 Å². The molecule has 0 unspecified atom stereocenters. The average Bonchev–Trinajstić information content (AvgIpc) is 3.02. The zero-order valence-corrected chi connectivity index (χ0v) is 13.2. The van der Waals surface area contributed by atoms with Crippen LogP contribution in [0.25, 0.3) is 0 Å². The number of hydrogen-bond donors (Lipinski definition) is 0. The van der Waals surface area contributed by atoms with Gasteiger partial charge in [0.2, 0.25) is 0 Å². The molecule has 0 bridgehead atoms. The van der Waals surface area contributed by atoms with E-state index in [0.29, 0.717) is 0 Å². The molecule has 2 aliphatic rings. The molecule has 2 heteroatoms. The van der Waals surface area contributed by atoms with Crippen molar-refractivity contribution < 1.29 is 18.9 Å². The van der Waals surface area contributed by atoms with Crippen molar-refractivity contribution in [1.82, 2.24) is 0 Å². The van der Waals surface area contributed by atoms with E-state index < -0.39 is 8.07 Å². The van der Waals surface area contributed by atoms with E-state index >= 15 is 0 Å². The van der Waals surface area contributed by atoms with Gasteiger partial charge in [0.15, 0.2) is 0 Å². The van der Waals surface area contributed by atoms with Crippen LogP contribution in [0.2, 0.25) is 12.1 Å². The smallest absolute Gasteiger partial charge is 0.0809 e. The Balaban J connectivity index is 0.00000162. The fraction of sp³-hybridized carbons (Fsp3) is 0.500. The molecular formula is C16H24LiSi+. The summed E-state index contributed by atoms with van der Waals surface area (Å²) < 4.78 is 0. The first kappa shape index (κ1) is 15.8. The van der Waals surface area contributed by atoms with Crippen LogP contribution in [-0.2, 0) is 0 Å². The van der Waals surface area contributed by atoms with E-state index in [0.717, 1.165) is 0 Å². The molecule has 0 N–H and O–H groups in total. The Morgan fingerprint density at radius 1 is 0.889 bits per heavy atom. The van der Waals surface area contributed by atoms with E-state index in [1.165, 1.54) is 37.8 Å². The molecule has 0 aromatic heterocycles. The first-order valence-electron chi connectivity index (χ1n) is 7.06. The topological polar surface area (TPSA) is 0 Å². The summed E-state index contributed by atoms with van der Waals surface area (Å²) in [7, 11) is -1.33. The van der Waals surface area contributed by atoms with Gasteiger partial charge in [-0.15, -0.1) is 0 Å². The van der Waals surface area contributed by atoms with Crippen LogP contribution in [0.3, 0.4) is 0 Å². The van der Waals surface area contributed by atoms with Gasteiger partial charge in [-0.1, -0.05) is 85.6 Å². The molecule has 2 rings (SSSR count). The van der Waals surface area contributed by atoms with E-state index in [1.807, 2.05) is 0 Å². The minimum atomic E-state index is -1.33. The fourth-order valence-corrected chi connectivity index (χ4v) is 8.93. The third kappa shape index (κ3) is 3.02. The standard InChI is InChI=1S/C16H24Si.Li/c1-3-13-17(14-4-2,15-9-5-6-10-15)16-11-7-8-12-16;/h5-9,11H,3-4,10,12-14H2,1-2H3;/q;+1. The van der Waals surface area contributed by atoms with Gasteiger partial charge in [-0.2, -0.15) is 0 Å². The molecule has 0 spiro atoms. The zero-order chi connectivity index (χ0) is 12.1. The van der Waals surface area contributed by atoms with Crippen molar-refractivity contribution >= 4 is 8.07 Å². The monoisotopic (exact) mass is 251 g/mol. The normalized spacial score (nSPS) is 17.7. The molecule has 0 fully saturated rings. The van der Waals surface area contributed by atoms with E-state index in [2.05, 4.69) is 50.3 Å². The molecule has 0 nitrogen and oxygen atoms in total. The molecule has 92 valence electrons. The Morgan fingerprint density at radius 2 is 1.33 bits per heavy atom. The van der Waals surface area contributed by atoms with Gasteiger partial charge < -0.3 is 0 Å². The maximum absolute atomic E-state index is 2.43. The maximum atomic E-state index is 2.43. The van der Waals surface area contributed by atoms with Crippen LogP contribution in [0.4, 0.5) is 0 Å². The van der Waals surface area contributed by atoms with Gasteiger partial charge in [0.05, 0.1) is 0 Å². The Morgan fingerprint density at radius 3 is 1.61 bits per heavy atom. The molecule has 0 amide bonds. The molecule has 0 heterocycles. The summed E-state index contributed by atoms with van der Waals surface area (Å²) in [6.45, 7) is 4.70. The molecule has 18 heavy (non-hydrogen) atoms. The number of rotatable bonds is 6. The minimum absolute atomic E-state index is 0. The number of allylic oxidation sites excluding steroid dienone is 8. The predicted octanol–water partition coefficient (Wildman–Crippen LogP) is 2.11. The zero-order valence-electron chi connectivity index (χ0n) is 12.2. The Kier molecular flexibility index (Phi) is 6.49. The summed E-state index contributed by atoms with van der Waals surface area (Å²) in [5.74, 6) is 0. The van der Waals surface area contributed by atoms with Crippen LogP contribution >= 0.6 is 0 Å². The van der Waals surface area contributed by atoms with Crippen molar-refractivity contribution in [2.45, 2.75) is 51.6 Å². The number of hydrogen-bond acceptors (Lipinski definition) is 0. The quantitative estimate of drug-likeness (QED) is 0.634. The van der Waals surface area contributed by atoms with Crippen LogP contribution in [0.1, 0.15) is 39.5 Å². The molecule has 2 aliphatic carbocycles. The SMILES string of the molecule is CCC[Si](CCC)(C1=CC=CC1)C1=CC=CC1.[Li+]. The molecule has 0 aromatic carbocycles. The summed E-state index contributed by atoms with van der Waals surface area (Å²) in [4.78, 5) is 0. The van der Waals surface area contributed by atoms with E-state index in [-0.39, 0.29) is 18.9 Å². The van der Waals surface area contributed by atoms with E-state index in [1.54, 1.807) is 10.4 Å². The van der Waals surface area contributed by atoms with E-state index in [9.17, 15) is 0 Å².